The van der Waals surface area contributed by atoms with Crippen LogP contribution in [0, 0.1) is 5.92 Å². The van der Waals surface area contributed by atoms with Crippen molar-refractivity contribution in [2.45, 2.75) is 57.4 Å². The number of carbonyl (C=O) groups excluding carboxylic acids is 1. The Balaban J connectivity index is 1.40. The number of piperidine rings is 1. The van der Waals surface area contributed by atoms with Crippen LogP contribution in [0.3, 0.4) is 0 Å². The number of imidazole rings is 1. The third kappa shape index (κ3) is 2.99. The minimum absolute atomic E-state index is 0.321. The molecule has 1 aliphatic carbocycles. The molecule has 2 heterocycles. The number of H-pyrrole nitrogens is 1. The number of aromatic amines is 1. The van der Waals surface area contributed by atoms with Crippen molar-refractivity contribution in [3.8, 4) is 0 Å². The van der Waals surface area contributed by atoms with Gasteiger partial charge in [-0.2, -0.15) is 0 Å². The molecule has 122 valence electrons. The van der Waals surface area contributed by atoms with Gasteiger partial charge in [0.25, 0.3) is 0 Å². The molecule has 1 aliphatic heterocycles. The second-order valence-electron chi connectivity index (χ2n) is 7.04. The van der Waals surface area contributed by atoms with Crippen LogP contribution in [0.4, 0.5) is 0 Å². The number of hydrogen-bond acceptors (Lipinski definition) is 2. The summed E-state index contributed by atoms with van der Waals surface area (Å²) >= 11 is 0. The molecule has 1 N–H and O–H groups in total. The van der Waals surface area contributed by atoms with Crippen molar-refractivity contribution in [3.63, 3.8) is 0 Å². The van der Waals surface area contributed by atoms with E-state index in [-0.39, 0.29) is 0 Å². The highest BCUT2D eigenvalue weighted by atomic mass is 16.2. The van der Waals surface area contributed by atoms with Crippen molar-refractivity contribution in [2.75, 3.05) is 6.54 Å². The van der Waals surface area contributed by atoms with E-state index in [4.69, 9.17) is 0 Å². The largest absolute Gasteiger partial charge is 0.342 e. The summed E-state index contributed by atoms with van der Waals surface area (Å²) in [6.45, 7) is 0.958. The number of nitrogens with zero attached hydrogens (tertiary/aromatic N) is 2. The maximum atomic E-state index is 12.7. The first-order chi connectivity index (χ1) is 11.3. The van der Waals surface area contributed by atoms with Crippen LogP contribution >= 0.6 is 0 Å². The minimum atomic E-state index is 0.321. The Morgan fingerprint density at radius 2 is 2.00 bits per heavy atom. The molecule has 2 aliphatic rings. The van der Waals surface area contributed by atoms with Gasteiger partial charge in [-0.3, -0.25) is 4.79 Å². The number of nitrogens with one attached hydrogen (secondary N) is 1. The molecule has 4 heteroatoms. The number of carbonyl (C=O) groups is 1. The average molecular weight is 311 g/mol. The molecule has 1 aromatic carbocycles. The van der Waals surface area contributed by atoms with Crippen molar-refractivity contribution in [1.29, 1.82) is 0 Å². The maximum absolute atomic E-state index is 12.7. The zero-order valence-corrected chi connectivity index (χ0v) is 13.6. The van der Waals surface area contributed by atoms with Crippen molar-refractivity contribution < 1.29 is 4.79 Å². The Kier molecular flexibility index (Phi) is 4.06. The Morgan fingerprint density at radius 1 is 1.17 bits per heavy atom. The number of benzene rings is 1. The molecule has 0 radical (unpaired) electrons. The zero-order valence-electron chi connectivity index (χ0n) is 13.6. The van der Waals surface area contributed by atoms with E-state index in [1.807, 2.05) is 24.3 Å². The van der Waals surface area contributed by atoms with Crippen LogP contribution in [-0.4, -0.2) is 33.4 Å². The molecule has 1 amide bonds. The average Bonchev–Trinajstić information content (AvgIpc) is 3.02. The molecule has 1 aromatic heterocycles. The van der Waals surface area contributed by atoms with Crippen molar-refractivity contribution in [2.24, 2.45) is 5.92 Å². The van der Waals surface area contributed by atoms with Crippen molar-refractivity contribution >= 4 is 16.9 Å². The fraction of sp³-hybridized carbons (Fsp3) is 0.579. The molecule has 2 aromatic rings. The van der Waals surface area contributed by atoms with Gasteiger partial charge < -0.3 is 9.88 Å². The highest BCUT2D eigenvalue weighted by molar-refractivity contribution is 5.77. The SMILES string of the molecule is O=C(CCc1nc2ccccc2[nH]1)N1CCC[C@H]2CCCC[C@H]21. The highest BCUT2D eigenvalue weighted by Gasteiger charge is 2.35. The quantitative estimate of drug-likeness (QED) is 0.940. The van der Waals surface area contributed by atoms with Gasteiger partial charge in [-0.15, -0.1) is 0 Å². The summed E-state index contributed by atoms with van der Waals surface area (Å²) in [5, 5.41) is 0. The minimum Gasteiger partial charge on any atom is -0.342 e. The molecule has 0 spiro atoms. The molecule has 4 rings (SSSR count). The van der Waals surface area contributed by atoms with Gasteiger partial charge >= 0.3 is 0 Å². The molecular formula is C19H25N3O. The second kappa shape index (κ2) is 6.34. The van der Waals surface area contributed by atoms with E-state index in [1.165, 1.54) is 38.5 Å². The summed E-state index contributed by atoms with van der Waals surface area (Å²) in [6, 6.07) is 8.56. The molecule has 4 nitrogen and oxygen atoms in total. The van der Waals surface area contributed by atoms with E-state index in [1.54, 1.807) is 0 Å². The first kappa shape index (κ1) is 14.7. The second-order valence-corrected chi connectivity index (χ2v) is 7.04. The predicted octanol–water partition coefficient (Wildman–Crippen LogP) is 3.68. The van der Waals surface area contributed by atoms with E-state index in [9.17, 15) is 4.79 Å². The van der Waals surface area contributed by atoms with Gasteiger partial charge in [0.2, 0.25) is 5.91 Å². The normalized spacial score (nSPS) is 24.6. The lowest BCUT2D eigenvalue weighted by atomic mass is 9.78. The predicted molar refractivity (Wildman–Crippen MR) is 91.1 cm³/mol. The van der Waals surface area contributed by atoms with Crippen molar-refractivity contribution in [1.82, 2.24) is 14.9 Å². The number of aryl methyl sites for hydroxylation is 1. The third-order valence-electron chi connectivity index (χ3n) is 5.58. The summed E-state index contributed by atoms with van der Waals surface area (Å²) in [6.07, 6.45) is 8.94. The van der Waals surface area contributed by atoms with Gasteiger partial charge in [0.15, 0.2) is 0 Å². The first-order valence-electron chi connectivity index (χ1n) is 9.04. The first-order valence-corrected chi connectivity index (χ1v) is 9.04. The fourth-order valence-electron chi connectivity index (χ4n) is 4.43. The van der Waals surface area contributed by atoms with E-state index >= 15 is 0 Å². The topological polar surface area (TPSA) is 49.0 Å². The number of para-hydroxylation sites is 2. The standard InChI is InChI=1S/C19H25N3O/c23-19(22-13-5-7-14-6-1-4-10-17(14)22)12-11-18-20-15-8-2-3-9-16(15)21-18/h2-3,8-9,14,17H,1,4-7,10-13H2,(H,20,21)/t14-,17-/m1/s1. The van der Waals surface area contributed by atoms with Gasteiger partial charge in [-0.1, -0.05) is 25.0 Å². The number of aromatic nitrogens is 2. The molecule has 0 bridgehead atoms. The Hall–Kier alpha value is -1.84. The summed E-state index contributed by atoms with van der Waals surface area (Å²) in [4.78, 5) is 22.8. The van der Waals surface area contributed by atoms with Crippen LogP contribution in [0.1, 0.15) is 50.8 Å². The summed E-state index contributed by atoms with van der Waals surface area (Å²) in [5.74, 6) is 2.01. The molecule has 1 saturated heterocycles. The van der Waals surface area contributed by atoms with Crippen LogP contribution < -0.4 is 0 Å². The fourth-order valence-corrected chi connectivity index (χ4v) is 4.43. The van der Waals surface area contributed by atoms with Crippen LogP contribution in [0.5, 0.6) is 0 Å². The van der Waals surface area contributed by atoms with E-state index in [2.05, 4.69) is 14.9 Å². The van der Waals surface area contributed by atoms with E-state index in [0.29, 0.717) is 24.8 Å². The van der Waals surface area contributed by atoms with Gasteiger partial charge in [0.05, 0.1) is 11.0 Å². The lowest BCUT2D eigenvalue weighted by molar-refractivity contribution is -0.137. The van der Waals surface area contributed by atoms with Gasteiger partial charge in [0.1, 0.15) is 5.82 Å². The molecule has 0 unspecified atom stereocenters. The van der Waals surface area contributed by atoms with E-state index in [0.717, 1.165) is 29.3 Å². The van der Waals surface area contributed by atoms with Gasteiger partial charge in [0, 0.05) is 25.4 Å². The lowest BCUT2D eigenvalue weighted by Gasteiger charge is -2.44. The number of likely N-dealkylation sites (tertiary alicyclic amines) is 1. The molecule has 2 fully saturated rings. The number of hydrogen-bond donors (Lipinski definition) is 1. The Bertz CT molecular complexity index is 658. The van der Waals surface area contributed by atoms with Crippen LogP contribution in [0.2, 0.25) is 0 Å². The smallest absolute Gasteiger partial charge is 0.223 e. The third-order valence-corrected chi connectivity index (χ3v) is 5.58. The molecule has 23 heavy (non-hydrogen) atoms. The van der Waals surface area contributed by atoms with Crippen molar-refractivity contribution in [3.05, 3.63) is 30.1 Å². The van der Waals surface area contributed by atoms with Crippen LogP contribution in [0.25, 0.3) is 11.0 Å². The molecule has 1 saturated carbocycles. The van der Waals surface area contributed by atoms with Gasteiger partial charge in [-0.25, -0.2) is 4.98 Å². The number of rotatable bonds is 3. The Labute approximate surface area is 137 Å². The zero-order chi connectivity index (χ0) is 15.6. The van der Waals surface area contributed by atoms with Crippen LogP contribution in [0.15, 0.2) is 24.3 Å². The van der Waals surface area contributed by atoms with Crippen LogP contribution in [-0.2, 0) is 11.2 Å². The van der Waals surface area contributed by atoms with Gasteiger partial charge in [-0.05, 0) is 43.7 Å². The summed E-state index contributed by atoms with van der Waals surface area (Å²) in [7, 11) is 0. The summed E-state index contributed by atoms with van der Waals surface area (Å²) < 4.78 is 0. The highest BCUT2D eigenvalue weighted by Crippen LogP contribution is 2.35. The number of amides is 1. The monoisotopic (exact) mass is 311 g/mol. The summed E-state index contributed by atoms with van der Waals surface area (Å²) in [5.41, 5.74) is 2.04. The lowest BCUT2D eigenvalue weighted by Crippen LogP contribution is -2.49. The molecular weight excluding hydrogens is 286 g/mol. The maximum Gasteiger partial charge on any atom is 0.223 e. The van der Waals surface area contributed by atoms with E-state index < -0.39 is 0 Å². The number of fused-ring (bicyclic) bond motifs is 2. The Morgan fingerprint density at radius 3 is 2.91 bits per heavy atom. The molecule has 2 atom stereocenters.